The molecule has 0 amide bonds. The molecule has 0 aliphatic rings. The van der Waals surface area contributed by atoms with Crippen LogP contribution in [-0.4, -0.2) is 16.1 Å². The van der Waals surface area contributed by atoms with Crippen molar-refractivity contribution in [3.8, 4) is 0 Å². The van der Waals surface area contributed by atoms with Crippen molar-refractivity contribution in [2.24, 2.45) is 0 Å². The zero-order valence-electron chi connectivity index (χ0n) is 8.53. The molecule has 0 saturated carbocycles. The van der Waals surface area contributed by atoms with Gasteiger partial charge in [0, 0.05) is 12.4 Å². The molecule has 0 bridgehead atoms. The van der Waals surface area contributed by atoms with Crippen LogP contribution in [0.1, 0.15) is 36.8 Å². The number of carboxylic acids is 1. The van der Waals surface area contributed by atoms with Gasteiger partial charge in [0.1, 0.15) is 0 Å². The van der Waals surface area contributed by atoms with Gasteiger partial charge in [-0.2, -0.15) is 0 Å². The molecule has 0 aliphatic carbocycles. The van der Waals surface area contributed by atoms with Crippen LogP contribution in [0.4, 0.5) is 0 Å². The van der Waals surface area contributed by atoms with Crippen molar-refractivity contribution in [1.29, 1.82) is 0 Å². The quantitative estimate of drug-likeness (QED) is 0.798. The molecule has 1 aromatic heterocycles. The minimum absolute atomic E-state index is 0.409. The Labute approximate surface area is 83.8 Å². The van der Waals surface area contributed by atoms with E-state index >= 15 is 0 Å². The highest BCUT2D eigenvalue weighted by Crippen LogP contribution is 2.23. The third-order valence-electron chi connectivity index (χ3n) is 2.33. The lowest BCUT2D eigenvalue weighted by molar-refractivity contribution is -0.139. The fraction of sp³-hybridized carbons (Fsp3) is 0.455. The van der Waals surface area contributed by atoms with Crippen molar-refractivity contribution < 1.29 is 9.90 Å². The summed E-state index contributed by atoms with van der Waals surface area (Å²) in [6.07, 6.45) is 4.88. The zero-order valence-corrected chi connectivity index (χ0v) is 8.53. The highest BCUT2D eigenvalue weighted by Gasteiger charge is 2.20. The lowest BCUT2D eigenvalue weighted by atomic mass is 9.93. The van der Waals surface area contributed by atoms with Gasteiger partial charge in [-0.25, -0.2) is 0 Å². The molecule has 1 heterocycles. The average Bonchev–Trinajstić information content (AvgIpc) is 2.15. The normalized spacial score (nSPS) is 12.4. The maximum absolute atomic E-state index is 11.0. The summed E-state index contributed by atoms with van der Waals surface area (Å²) >= 11 is 0. The van der Waals surface area contributed by atoms with Gasteiger partial charge in [0.15, 0.2) is 0 Å². The maximum atomic E-state index is 11.0. The Morgan fingerprint density at radius 2 is 2.36 bits per heavy atom. The number of pyridine rings is 1. The number of rotatable bonds is 4. The molecule has 14 heavy (non-hydrogen) atoms. The molecule has 0 radical (unpaired) electrons. The van der Waals surface area contributed by atoms with Crippen LogP contribution in [0.25, 0.3) is 0 Å². The van der Waals surface area contributed by atoms with Crippen molar-refractivity contribution in [1.82, 2.24) is 4.98 Å². The van der Waals surface area contributed by atoms with Crippen LogP contribution in [0.3, 0.4) is 0 Å². The van der Waals surface area contributed by atoms with Gasteiger partial charge >= 0.3 is 5.97 Å². The standard InChI is InChI=1S/C11H15NO2/c1-3-4-9(11(13)14)10-7-12-6-5-8(10)2/h5-7,9H,3-4H2,1-2H3,(H,13,14). The molecule has 3 heteroatoms. The molecule has 0 aliphatic heterocycles. The van der Waals surface area contributed by atoms with E-state index in [0.717, 1.165) is 17.5 Å². The lowest BCUT2D eigenvalue weighted by Gasteiger charge is -2.13. The van der Waals surface area contributed by atoms with Crippen LogP contribution in [0, 0.1) is 6.92 Å². The first-order valence-corrected chi connectivity index (χ1v) is 4.80. The van der Waals surface area contributed by atoms with Crippen molar-refractivity contribution in [3.05, 3.63) is 29.6 Å². The number of carboxylic acid groups (broad SMARTS) is 1. The largest absolute Gasteiger partial charge is 0.481 e. The first-order chi connectivity index (χ1) is 6.66. The van der Waals surface area contributed by atoms with Gasteiger partial charge < -0.3 is 5.11 Å². The molecule has 0 fully saturated rings. The van der Waals surface area contributed by atoms with E-state index in [9.17, 15) is 4.79 Å². The van der Waals surface area contributed by atoms with Gasteiger partial charge in [0.05, 0.1) is 5.92 Å². The summed E-state index contributed by atoms with van der Waals surface area (Å²) in [5, 5.41) is 9.05. The molecule has 0 aromatic carbocycles. The summed E-state index contributed by atoms with van der Waals surface area (Å²) in [6, 6.07) is 1.85. The topological polar surface area (TPSA) is 50.2 Å². The first-order valence-electron chi connectivity index (χ1n) is 4.80. The second kappa shape index (κ2) is 4.74. The number of nitrogens with zero attached hydrogens (tertiary/aromatic N) is 1. The second-order valence-corrected chi connectivity index (χ2v) is 3.41. The van der Waals surface area contributed by atoms with Crippen LogP contribution in [0.5, 0.6) is 0 Å². The minimum Gasteiger partial charge on any atom is -0.481 e. The smallest absolute Gasteiger partial charge is 0.311 e. The van der Waals surface area contributed by atoms with Crippen molar-refractivity contribution in [2.75, 3.05) is 0 Å². The summed E-state index contributed by atoms with van der Waals surface area (Å²) in [5.41, 5.74) is 1.84. The lowest BCUT2D eigenvalue weighted by Crippen LogP contribution is -2.12. The number of carbonyl (C=O) groups is 1. The Bertz CT molecular complexity index is 323. The summed E-state index contributed by atoms with van der Waals surface area (Å²) in [6.45, 7) is 3.91. The van der Waals surface area contributed by atoms with Crippen LogP contribution in [0.15, 0.2) is 18.5 Å². The maximum Gasteiger partial charge on any atom is 0.311 e. The van der Waals surface area contributed by atoms with Gasteiger partial charge in [-0.1, -0.05) is 13.3 Å². The van der Waals surface area contributed by atoms with E-state index < -0.39 is 11.9 Å². The Kier molecular flexibility index (Phi) is 3.63. The summed E-state index contributed by atoms with van der Waals surface area (Å²) in [5.74, 6) is -1.17. The molecule has 76 valence electrons. The van der Waals surface area contributed by atoms with Crippen LogP contribution in [0.2, 0.25) is 0 Å². The summed E-state index contributed by atoms with van der Waals surface area (Å²) in [7, 11) is 0. The number of hydrogen-bond acceptors (Lipinski definition) is 2. The fourth-order valence-electron chi connectivity index (χ4n) is 1.54. The van der Waals surface area contributed by atoms with E-state index in [2.05, 4.69) is 4.98 Å². The predicted molar refractivity (Wildman–Crippen MR) is 54.3 cm³/mol. The van der Waals surface area contributed by atoms with Gasteiger partial charge in [0.2, 0.25) is 0 Å². The predicted octanol–water partition coefficient (Wildman–Crippen LogP) is 2.36. The molecule has 1 unspecified atom stereocenters. The molecule has 1 rings (SSSR count). The van der Waals surface area contributed by atoms with Gasteiger partial charge in [-0.05, 0) is 30.5 Å². The van der Waals surface area contributed by atoms with Crippen molar-refractivity contribution in [3.63, 3.8) is 0 Å². The number of hydrogen-bond donors (Lipinski definition) is 1. The van der Waals surface area contributed by atoms with Crippen LogP contribution in [-0.2, 0) is 4.79 Å². The Hall–Kier alpha value is -1.38. The molecule has 0 spiro atoms. The fourth-order valence-corrected chi connectivity index (χ4v) is 1.54. The Morgan fingerprint density at radius 1 is 1.64 bits per heavy atom. The average molecular weight is 193 g/mol. The van der Waals surface area contributed by atoms with Crippen molar-refractivity contribution in [2.45, 2.75) is 32.6 Å². The van der Waals surface area contributed by atoms with E-state index in [1.165, 1.54) is 0 Å². The van der Waals surface area contributed by atoms with Crippen LogP contribution < -0.4 is 0 Å². The van der Waals surface area contributed by atoms with E-state index in [-0.39, 0.29) is 0 Å². The Balaban J connectivity index is 2.99. The number of aryl methyl sites for hydroxylation is 1. The molecule has 1 aromatic rings. The summed E-state index contributed by atoms with van der Waals surface area (Å²) < 4.78 is 0. The third-order valence-corrected chi connectivity index (χ3v) is 2.33. The van der Waals surface area contributed by atoms with Gasteiger partial charge in [0.25, 0.3) is 0 Å². The van der Waals surface area contributed by atoms with E-state index in [1.807, 2.05) is 19.9 Å². The van der Waals surface area contributed by atoms with Crippen molar-refractivity contribution >= 4 is 5.97 Å². The number of aliphatic carboxylic acids is 1. The molecule has 0 saturated heterocycles. The van der Waals surface area contributed by atoms with Crippen LogP contribution >= 0.6 is 0 Å². The van der Waals surface area contributed by atoms with Gasteiger partial charge in [-0.3, -0.25) is 9.78 Å². The highest BCUT2D eigenvalue weighted by atomic mass is 16.4. The van der Waals surface area contributed by atoms with E-state index in [1.54, 1.807) is 12.4 Å². The second-order valence-electron chi connectivity index (χ2n) is 3.41. The molecule has 1 atom stereocenters. The number of aromatic nitrogens is 1. The molecular formula is C11H15NO2. The first kappa shape index (κ1) is 10.7. The van der Waals surface area contributed by atoms with E-state index in [0.29, 0.717) is 6.42 Å². The zero-order chi connectivity index (χ0) is 10.6. The summed E-state index contributed by atoms with van der Waals surface area (Å²) in [4.78, 5) is 15.0. The minimum atomic E-state index is -0.761. The van der Waals surface area contributed by atoms with E-state index in [4.69, 9.17) is 5.11 Å². The SMILES string of the molecule is CCCC(C(=O)O)c1cnccc1C. The monoisotopic (exact) mass is 193 g/mol. The third kappa shape index (κ3) is 2.31. The molecular weight excluding hydrogens is 178 g/mol. The molecule has 1 N–H and O–H groups in total. The molecule has 3 nitrogen and oxygen atoms in total. The van der Waals surface area contributed by atoms with Gasteiger partial charge in [-0.15, -0.1) is 0 Å². The Morgan fingerprint density at radius 3 is 2.86 bits per heavy atom. The highest BCUT2D eigenvalue weighted by molar-refractivity contribution is 5.76.